The van der Waals surface area contributed by atoms with Gasteiger partial charge in [0.15, 0.2) is 0 Å². The second kappa shape index (κ2) is 5.54. The molecular weight excluding hydrogens is 314 g/mol. The van der Waals surface area contributed by atoms with E-state index >= 15 is 0 Å². The summed E-state index contributed by atoms with van der Waals surface area (Å²) >= 11 is 0. The highest BCUT2D eigenvalue weighted by Crippen LogP contribution is 2.41. The minimum atomic E-state index is -0.678. The summed E-state index contributed by atoms with van der Waals surface area (Å²) in [6.45, 7) is 0. The number of hydrogen-bond donors (Lipinski definition) is 1. The Morgan fingerprint density at radius 1 is 1.17 bits per heavy atom. The van der Waals surface area contributed by atoms with Gasteiger partial charge in [-0.1, -0.05) is 0 Å². The summed E-state index contributed by atoms with van der Waals surface area (Å²) in [7, 11) is 0. The highest BCUT2D eigenvalue weighted by molar-refractivity contribution is 5.91. The lowest BCUT2D eigenvalue weighted by atomic mass is 9.93. The fourth-order valence-electron chi connectivity index (χ4n) is 3.31. The predicted molar refractivity (Wildman–Crippen MR) is 82.3 cm³/mol. The van der Waals surface area contributed by atoms with Crippen molar-refractivity contribution < 1.29 is 23.3 Å². The Hall–Kier alpha value is -2.50. The molecule has 1 amide bonds. The van der Waals surface area contributed by atoms with Crippen LogP contribution < -0.4 is 15.5 Å². The minimum Gasteiger partial charge on any atom is -0.441 e. The largest absolute Gasteiger partial charge is 0.441 e. The second-order valence-corrected chi connectivity index (χ2v) is 6.43. The van der Waals surface area contributed by atoms with E-state index in [-0.39, 0.29) is 17.4 Å². The number of pyridine rings is 1. The summed E-state index contributed by atoms with van der Waals surface area (Å²) in [6.07, 6.45) is 3.96. The van der Waals surface area contributed by atoms with Crippen molar-refractivity contribution >= 4 is 5.91 Å². The van der Waals surface area contributed by atoms with Gasteiger partial charge in [-0.2, -0.15) is 4.98 Å². The molecule has 1 atom stereocenters. The average Bonchev–Trinajstić information content (AvgIpc) is 3.38. The zero-order valence-corrected chi connectivity index (χ0v) is 12.9. The van der Waals surface area contributed by atoms with Crippen LogP contribution in [0.15, 0.2) is 24.3 Å². The van der Waals surface area contributed by atoms with Crippen molar-refractivity contribution in [1.82, 2.24) is 0 Å². The van der Waals surface area contributed by atoms with Crippen molar-refractivity contribution in [2.45, 2.75) is 31.8 Å². The van der Waals surface area contributed by atoms with Crippen LogP contribution in [0.3, 0.4) is 0 Å². The summed E-state index contributed by atoms with van der Waals surface area (Å²) in [6, 6.07) is 4.91. The maximum Gasteiger partial charge on any atom is 0.370 e. The van der Waals surface area contributed by atoms with Gasteiger partial charge in [-0.15, -0.1) is 0 Å². The molecule has 0 radical (unpaired) electrons. The van der Waals surface area contributed by atoms with Crippen molar-refractivity contribution in [3.05, 3.63) is 47.2 Å². The number of benzene rings is 1. The van der Waals surface area contributed by atoms with Crippen molar-refractivity contribution in [2.75, 3.05) is 0 Å². The standard InChI is InChI=1S/C18H16F2N2O2/c19-10-3-4-11(14(20)7-10)13-8-15(17(21)23)22-18-12(13)5-6-16(24-18)9-1-2-9/h3-4,7-9,16H,1-2,5-6H2,(H2,21,23)/p+1. The molecule has 1 fully saturated rings. The van der Waals surface area contributed by atoms with Crippen molar-refractivity contribution in [1.29, 1.82) is 0 Å². The highest BCUT2D eigenvalue weighted by atomic mass is 19.1. The number of carbonyl (C=O) groups excluding carboxylic acids is 1. The van der Waals surface area contributed by atoms with Gasteiger partial charge in [-0.05, 0) is 43.7 Å². The van der Waals surface area contributed by atoms with Gasteiger partial charge in [0.1, 0.15) is 17.7 Å². The van der Waals surface area contributed by atoms with E-state index in [1.54, 1.807) is 0 Å². The first-order valence-electron chi connectivity index (χ1n) is 8.04. The van der Waals surface area contributed by atoms with Gasteiger partial charge in [0.2, 0.25) is 0 Å². The Kier molecular flexibility index (Phi) is 3.48. The van der Waals surface area contributed by atoms with Crippen LogP contribution in [0.2, 0.25) is 0 Å². The topological polar surface area (TPSA) is 66.5 Å². The molecule has 1 saturated carbocycles. The number of carbonyl (C=O) groups is 1. The molecule has 1 aromatic carbocycles. The van der Waals surface area contributed by atoms with Crippen molar-refractivity contribution in [2.24, 2.45) is 11.7 Å². The lowest BCUT2D eigenvalue weighted by Crippen LogP contribution is -2.33. The maximum atomic E-state index is 14.2. The van der Waals surface area contributed by atoms with E-state index in [0.717, 1.165) is 30.9 Å². The number of aromatic amines is 1. The smallest absolute Gasteiger partial charge is 0.370 e. The SMILES string of the molecule is NC(=O)c1cc(-c2ccc(F)cc2F)c2c([nH+]1)OC(C1CC1)CC2. The molecule has 4 rings (SSSR count). The first kappa shape index (κ1) is 15.1. The lowest BCUT2D eigenvalue weighted by Gasteiger charge is -2.24. The number of ether oxygens (including phenoxy) is 1. The Morgan fingerprint density at radius 3 is 2.62 bits per heavy atom. The normalized spacial score (nSPS) is 19.5. The third-order valence-corrected chi connectivity index (χ3v) is 4.72. The van der Waals surface area contributed by atoms with Gasteiger partial charge >= 0.3 is 11.8 Å². The number of H-pyrrole nitrogens is 1. The predicted octanol–water partition coefficient (Wildman–Crippen LogP) is 2.65. The Morgan fingerprint density at radius 2 is 1.96 bits per heavy atom. The minimum absolute atomic E-state index is 0.114. The third-order valence-electron chi connectivity index (χ3n) is 4.72. The molecule has 2 aliphatic rings. The van der Waals surface area contributed by atoms with Crippen LogP contribution in [0.5, 0.6) is 5.88 Å². The quantitative estimate of drug-likeness (QED) is 0.939. The number of hydrogen-bond acceptors (Lipinski definition) is 2. The van der Waals surface area contributed by atoms with E-state index in [1.807, 2.05) is 0 Å². The lowest BCUT2D eigenvalue weighted by molar-refractivity contribution is -0.402. The molecule has 0 spiro atoms. The fourth-order valence-corrected chi connectivity index (χ4v) is 3.31. The van der Waals surface area contributed by atoms with Gasteiger partial charge in [0.25, 0.3) is 5.69 Å². The number of aromatic nitrogens is 1. The molecule has 124 valence electrons. The van der Waals surface area contributed by atoms with E-state index in [1.165, 1.54) is 18.2 Å². The monoisotopic (exact) mass is 331 g/mol. The summed E-state index contributed by atoms with van der Waals surface area (Å²) in [5.74, 6) is -0.961. The molecule has 1 unspecified atom stereocenters. The van der Waals surface area contributed by atoms with Crippen LogP contribution in [0.4, 0.5) is 8.78 Å². The molecular formula is C18H17F2N2O2+. The molecule has 2 aromatic rings. The first-order chi connectivity index (χ1) is 11.5. The number of nitrogens with one attached hydrogen (secondary N) is 1. The molecule has 2 heterocycles. The van der Waals surface area contributed by atoms with Crippen LogP contribution in [0.25, 0.3) is 11.1 Å². The zero-order valence-electron chi connectivity index (χ0n) is 12.9. The number of primary amides is 1. The van der Waals surface area contributed by atoms with Crippen LogP contribution in [-0.2, 0) is 6.42 Å². The van der Waals surface area contributed by atoms with E-state index in [2.05, 4.69) is 4.98 Å². The fraction of sp³-hybridized carbons (Fsp3) is 0.333. The van der Waals surface area contributed by atoms with Crippen LogP contribution in [0, 0.1) is 17.6 Å². The maximum absolute atomic E-state index is 14.2. The third kappa shape index (κ3) is 2.62. The van der Waals surface area contributed by atoms with Gasteiger partial charge in [0.05, 0.1) is 5.56 Å². The Labute approximate surface area is 137 Å². The van der Waals surface area contributed by atoms with Crippen LogP contribution in [-0.4, -0.2) is 12.0 Å². The molecule has 1 aliphatic heterocycles. The Balaban J connectivity index is 1.85. The van der Waals surface area contributed by atoms with Gasteiger partial charge in [0, 0.05) is 23.3 Å². The van der Waals surface area contributed by atoms with Crippen LogP contribution in [0.1, 0.15) is 35.3 Å². The van der Waals surface area contributed by atoms with Crippen molar-refractivity contribution in [3.8, 4) is 17.0 Å². The van der Waals surface area contributed by atoms with E-state index in [9.17, 15) is 13.6 Å². The van der Waals surface area contributed by atoms with E-state index < -0.39 is 17.5 Å². The molecule has 1 aliphatic carbocycles. The van der Waals surface area contributed by atoms with E-state index in [0.29, 0.717) is 23.8 Å². The Bertz CT molecular complexity index is 834. The molecule has 1 aromatic heterocycles. The molecule has 4 nitrogen and oxygen atoms in total. The molecule has 0 saturated heterocycles. The molecule has 6 heteroatoms. The van der Waals surface area contributed by atoms with Crippen molar-refractivity contribution in [3.63, 3.8) is 0 Å². The number of fused-ring (bicyclic) bond motifs is 1. The molecule has 24 heavy (non-hydrogen) atoms. The summed E-state index contributed by atoms with van der Waals surface area (Å²) in [5, 5.41) is 0. The summed E-state index contributed by atoms with van der Waals surface area (Å²) < 4.78 is 33.5. The molecule has 0 bridgehead atoms. The molecule has 3 N–H and O–H groups in total. The average molecular weight is 331 g/mol. The number of rotatable bonds is 3. The van der Waals surface area contributed by atoms with Gasteiger partial charge in [-0.3, -0.25) is 4.79 Å². The summed E-state index contributed by atoms with van der Waals surface area (Å²) in [5.41, 5.74) is 7.07. The number of amides is 1. The van der Waals surface area contributed by atoms with E-state index in [4.69, 9.17) is 10.5 Å². The number of halogens is 2. The zero-order chi connectivity index (χ0) is 16.8. The number of nitrogens with two attached hydrogens (primary N) is 1. The summed E-state index contributed by atoms with van der Waals surface area (Å²) in [4.78, 5) is 14.5. The van der Waals surface area contributed by atoms with Crippen LogP contribution >= 0.6 is 0 Å². The first-order valence-corrected chi connectivity index (χ1v) is 8.04. The van der Waals surface area contributed by atoms with Gasteiger partial charge in [-0.25, -0.2) is 8.78 Å². The van der Waals surface area contributed by atoms with Gasteiger partial charge < -0.3 is 10.5 Å². The highest BCUT2D eigenvalue weighted by Gasteiger charge is 2.39. The second-order valence-electron chi connectivity index (χ2n) is 6.43.